The van der Waals surface area contributed by atoms with Gasteiger partial charge in [-0.1, -0.05) is 28.9 Å². The number of hydrogen-bond acceptors (Lipinski definition) is 2. The summed E-state index contributed by atoms with van der Waals surface area (Å²) in [5.41, 5.74) is 7.14. The number of hydrogen-bond donors (Lipinski definition) is 2. The van der Waals surface area contributed by atoms with E-state index in [-0.39, 0.29) is 5.91 Å². The molecule has 88 valence electrons. The molecule has 0 unspecified atom stereocenters. The van der Waals surface area contributed by atoms with Crippen LogP contribution in [0.25, 0.3) is 5.73 Å². The summed E-state index contributed by atoms with van der Waals surface area (Å²) in [6, 6.07) is -1.43. The van der Waals surface area contributed by atoms with Crippen molar-refractivity contribution in [3.8, 4) is 0 Å². The molecule has 0 rings (SSSR count). The van der Waals surface area contributed by atoms with Crippen LogP contribution in [0.4, 0.5) is 0 Å². The molecule has 0 heterocycles. The Hall–Kier alpha value is -0.620. The van der Waals surface area contributed by atoms with Gasteiger partial charge in [-0.15, -0.1) is 0 Å². The largest absolute Gasteiger partial charge is 0.667 e. The minimum atomic E-state index is -0.845. The van der Waals surface area contributed by atoms with E-state index in [1.54, 1.807) is 6.92 Å². The monoisotopic (exact) mass is 278 g/mol. The number of rotatable bonds is 6. The van der Waals surface area contributed by atoms with Crippen molar-refractivity contribution in [3.63, 3.8) is 0 Å². The van der Waals surface area contributed by atoms with Crippen LogP contribution in [0.15, 0.2) is 0 Å². The summed E-state index contributed by atoms with van der Waals surface area (Å²) in [4.78, 5) is 22.5. The number of amides is 2. The van der Waals surface area contributed by atoms with E-state index in [2.05, 4.69) is 26.6 Å². The second-order valence-corrected chi connectivity index (χ2v) is 4.08. The summed E-state index contributed by atoms with van der Waals surface area (Å²) in [7, 11) is 0. The molecule has 15 heavy (non-hydrogen) atoms. The summed E-state index contributed by atoms with van der Waals surface area (Å²) in [6.45, 7) is 3.65. The lowest BCUT2D eigenvalue weighted by molar-refractivity contribution is -0.128. The fourth-order valence-electron chi connectivity index (χ4n) is 0.835. The number of nitrogens with one attached hydrogen (secondary N) is 3. The Kier molecular flexibility index (Phi) is 7.33. The van der Waals surface area contributed by atoms with Gasteiger partial charge in [0.25, 0.3) is 0 Å². The first-order valence-corrected chi connectivity index (χ1v) is 5.96. The summed E-state index contributed by atoms with van der Waals surface area (Å²) < 4.78 is 0. The Morgan fingerprint density at radius 2 is 1.93 bits per heavy atom. The average Bonchev–Trinajstić information content (AvgIpc) is 2.17. The van der Waals surface area contributed by atoms with Crippen LogP contribution < -0.4 is 10.6 Å². The molecule has 0 fully saturated rings. The molecule has 0 spiro atoms. The van der Waals surface area contributed by atoms with Gasteiger partial charge in [-0.2, -0.15) is 0 Å². The Labute approximate surface area is 98.3 Å². The Morgan fingerprint density at radius 1 is 1.33 bits per heavy atom. The van der Waals surface area contributed by atoms with Gasteiger partial charge < -0.3 is 16.4 Å². The second-order valence-electron chi connectivity index (χ2n) is 3.29. The van der Waals surface area contributed by atoms with E-state index in [0.29, 0.717) is 6.54 Å². The summed E-state index contributed by atoms with van der Waals surface area (Å²) in [5.74, 6) is -0.650. The topological polar surface area (TPSA) is 82.0 Å². The van der Waals surface area contributed by atoms with Crippen molar-refractivity contribution in [2.24, 2.45) is 0 Å². The molecule has 5 nitrogen and oxygen atoms in total. The molecule has 0 aromatic heterocycles. The fraction of sp³-hybridized carbons (Fsp3) is 0.778. The van der Waals surface area contributed by atoms with Crippen LogP contribution in [0.2, 0.25) is 0 Å². The van der Waals surface area contributed by atoms with Crippen LogP contribution in [0.1, 0.15) is 20.3 Å². The van der Waals surface area contributed by atoms with Gasteiger partial charge in [0.2, 0.25) is 11.8 Å². The summed E-state index contributed by atoms with van der Waals surface area (Å²) in [6.07, 6.45) is 0.848. The van der Waals surface area contributed by atoms with Crippen molar-refractivity contribution in [2.75, 3.05) is 11.9 Å². The van der Waals surface area contributed by atoms with Crippen LogP contribution in [0.3, 0.4) is 0 Å². The molecular weight excluding hydrogens is 262 g/mol. The van der Waals surface area contributed by atoms with Crippen molar-refractivity contribution in [3.05, 3.63) is 5.73 Å². The molecule has 0 aliphatic rings. The molecule has 0 radical (unpaired) electrons. The van der Waals surface area contributed by atoms with Gasteiger partial charge in [0.1, 0.15) is 6.04 Å². The third-order valence-electron chi connectivity index (χ3n) is 1.75. The van der Waals surface area contributed by atoms with Gasteiger partial charge in [0.15, 0.2) is 0 Å². The Bertz CT molecular complexity index is 221. The highest BCUT2D eigenvalue weighted by Crippen LogP contribution is 1.90. The Morgan fingerprint density at radius 3 is 2.40 bits per heavy atom. The predicted molar refractivity (Wildman–Crippen MR) is 62.8 cm³/mol. The van der Waals surface area contributed by atoms with Crippen LogP contribution >= 0.6 is 15.9 Å². The van der Waals surface area contributed by atoms with Gasteiger partial charge in [-0.05, 0) is 13.3 Å². The van der Waals surface area contributed by atoms with Gasteiger partial charge in [0.05, 0.1) is 0 Å². The highest BCUT2D eigenvalue weighted by molar-refractivity contribution is 9.09. The molecule has 2 amide bonds. The van der Waals surface area contributed by atoms with Crippen LogP contribution in [0.5, 0.6) is 0 Å². The maximum atomic E-state index is 11.4. The molecule has 0 saturated heterocycles. The smallest absolute Gasteiger partial charge is 0.242 e. The fourth-order valence-corrected chi connectivity index (χ4v) is 1.12. The highest BCUT2D eigenvalue weighted by Gasteiger charge is 2.14. The standard InChI is InChI=1S/C9H17BrN3O2/c1-6(11)8(14)13-7(2)9(15)12-5-3-4-10/h6-7,11H,3-5H2,1-2H3,(H,12,15)(H,13,14)/q-1/t6-,7-/m0/s1. The molecule has 0 aliphatic heterocycles. The molecule has 6 heteroatoms. The molecule has 3 N–H and O–H groups in total. The van der Waals surface area contributed by atoms with E-state index in [9.17, 15) is 9.59 Å². The number of carbonyl (C=O) groups is 2. The first kappa shape index (κ1) is 14.4. The molecule has 0 aromatic carbocycles. The average molecular weight is 279 g/mol. The van der Waals surface area contributed by atoms with Crippen LogP contribution in [-0.4, -0.2) is 35.8 Å². The quantitative estimate of drug-likeness (QED) is 0.557. The molecule has 0 aliphatic carbocycles. The van der Waals surface area contributed by atoms with Gasteiger partial charge in [-0.3, -0.25) is 9.59 Å². The minimum absolute atomic E-state index is 0.218. The van der Waals surface area contributed by atoms with Gasteiger partial charge in [0, 0.05) is 11.9 Å². The zero-order valence-corrected chi connectivity index (χ0v) is 10.6. The van der Waals surface area contributed by atoms with Crippen molar-refractivity contribution in [1.29, 1.82) is 0 Å². The van der Waals surface area contributed by atoms with Crippen molar-refractivity contribution in [2.45, 2.75) is 32.4 Å². The predicted octanol–water partition coefficient (Wildman–Crippen LogP) is 0.833. The van der Waals surface area contributed by atoms with Crippen molar-refractivity contribution in [1.82, 2.24) is 10.6 Å². The third kappa shape index (κ3) is 6.46. The summed E-state index contributed by atoms with van der Waals surface area (Å²) in [5, 5.41) is 5.97. The van der Waals surface area contributed by atoms with Crippen molar-refractivity contribution >= 4 is 27.7 Å². The third-order valence-corrected chi connectivity index (χ3v) is 2.32. The Balaban J connectivity index is 3.83. The maximum Gasteiger partial charge on any atom is 0.242 e. The van der Waals surface area contributed by atoms with Gasteiger partial charge >= 0.3 is 0 Å². The first-order chi connectivity index (χ1) is 6.99. The minimum Gasteiger partial charge on any atom is -0.667 e. The van der Waals surface area contributed by atoms with E-state index >= 15 is 0 Å². The zero-order chi connectivity index (χ0) is 11.8. The molecule has 0 bridgehead atoms. The van der Waals surface area contributed by atoms with Gasteiger partial charge in [-0.25, -0.2) is 0 Å². The number of halogens is 1. The van der Waals surface area contributed by atoms with E-state index in [4.69, 9.17) is 5.73 Å². The number of alkyl halides is 1. The van der Waals surface area contributed by atoms with Crippen LogP contribution in [0, 0.1) is 0 Å². The van der Waals surface area contributed by atoms with E-state index in [0.717, 1.165) is 11.8 Å². The lowest BCUT2D eigenvalue weighted by atomic mass is 10.2. The van der Waals surface area contributed by atoms with E-state index in [1.165, 1.54) is 6.92 Å². The molecule has 0 saturated carbocycles. The highest BCUT2D eigenvalue weighted by atomic mass is 79.9. The normalized spacial score (nSPS) is 14.1. The summed E-state index contributed by atoms with van der Waals surface area (Å²) >= 11 is 3.25. The number of carbonyl (C=O) groups excluding carboxylic acids is 2. The lowest BCUT2D eigenvalue weighted by Gasteiger charge is -2.18. The van der Waals surface area contributed by atoms with Crippen molar-refractivity contribution < 1.29 is 9.59 Å². The second kappa shape index (κ2) is 7.64. The lowest BCUT2D eigenvalue weighted by Crippen LogP contribution is -2.47. The van der Waals surface area contributed by atoms with Crippen LogP contribution in [-0.2, 0) is 9.59 Å². The zero-order valence-electron chi connectivity index (χ0n) is 8.97. The SMILES string of the molecule is C[C@H]([NH-])C(=O)N[C@@H](C)C(=O)NCCCBr. The maximum absolute atomic E-state index is 11.4. The van der Waals surface area contributed by atoms with E-state index < -0.39 is 18.0 Å². The van der Waals surface area contributed by atoms with E-state index in [1.807, 2.05) is 0 Å². The molecule has 0 aromatic rings. The first-order valence-electron chi connectivity index (χ1n) is 4.84. The molecular formula is C9H17BrN3O2-. The molecule has 2 atom stereocenters.